The maximum absolute atomic E-state index is 13.1. The summed E-state index contributed by atoms with van der Waals surface area (Å²) in [4.78, 5) is 1.43. The molecule has 2 aromatic rings. The summed E-state index contributed by atoms with van der Waals surface area (Å²) < 4.78 is 13.1. The zero-order valence-electron chi connectivity index (χ0n) is 12.2. The molecule has 1 atom stereocenters. The number of aryl methyl sites for hydroxylation is 1. The molecule has 0 fully saturated rings. The van der Waals surface area contributed by atoms with Gasteiger partial charge in [0.25, 0.3) is 0 Å². The summed E-state index contributed by atoms with van der Waals surface area (Å²) in [7, 11) is 0. The van der Waals surface area contributed by atoms with E-state index in [4.69, 9.17) is 0 Å². The second-order valence-corrected chi connectivity index (χ2v) is 6.92. The average molecular weight is 301 g/mol. The van der Waals surface area contributed by atoms with Gasteiger partial charge >= 0.3 is 0 Å². The van der Waals surface area contributed by atoms with E-state index >= 15 is 0 Å². The van der Waals surface area contributed by atoms with E-state index in [1.165, 1.54) is 16.0 Å². The van der Waals surface area contributed by atoms with Crippen molar-refractivity contribution in [1.29, 1.82) is 0 Å². The largest absolute Gasteiger partial charge is 0.315 e. The van der Waals surface area contributed by atoms with Gasteiger partial charge in [-0.25, -0.2) is 4.39 Å². The Hall–Kier alpha value is -1.32. The van der Waals surface area contributed by atoms with E-state index in [-0.39, 0.29) is 5.82 Å². The molecular weight excluding hydrogens is 281 g/mol. The van der Waals surface area contributed by atoms with E-state index in [1.54, 1.807) is 12.1 Å². The molecule has 0 saturated carbocycles. The monoisotopic (exact) mass is 301 g/mol. The van der Waals surface area contributed by atoms with Crippen LogP contribution in [0.1, 0.15) is 16.7 Å². The standard InChI is InChI=1S/C18H20FNS/c1-13-10-16(19)7-6-14(13)8-9-20-12-17-11-15-4-2-3-5-18(15)21-17/h2-7,10,17,20H,8-9,11-12H2,1H3. The van der Waals surface area contributed by atoms with Gasteiger partial charge in [-0.05, 0) is 61.2 Å². The molecule has 110 valence electrons. The maximum atomic E-state index is 13.1. The summed E-state index contributed by atoms with van der Waals surface area (Å²) >= 11 is 1.98. The first kappa shape index (κ1) is 14.6. The number of hydrogen-bond donors (Lipinski definition) is 1. The first-order valence-electron chi connectivity index (χ1n) is 7.42. The molecule has 1 aliphatic heterocycles. The normalized spacial score (nSPS) is 17.0. The van der Waals surface area contributed by atoms with Crippen LogP contribution in [0.2, 0.25) is 0 Å². The van der Waals surface area contributed by atoms with Gasteiger partial charge < -0.3 is 5.32 Å². The van der Waals surface area contributed by atoms with Gasteiger partial charge in [-0.2, -0.15) is 0 Å². The molecular formula is C18H20FNS. The molecule has 0 aromatic heterocycles. The van der Waals surface area contributed by atoms with Crippen molar-refractivity contribution in [3.05, 3.63) is 65.0 Å². The summed E-state index contributed by atoms with van der Waals surface area (Å²) in [5.74, 6) is -0.149. The Morgan fingerprint density at radius 2 is 2.10 bits per heavy atom. The van der Waals surface area contributed by atoms with Crippen LogP contribution >= 0.6 is 11.8 Å². The van der Waals surface area contributed by atoms with Gasteiger partial charge in [0.2, 0.25) is 0 Å². The molecule has 1 unspecified atom stereocenters. The third-order valence-electron chi connectivity index (χ3n) is 3.96. The molecule has 1 N–H and O–H groups in total. The van der Waals surface area contributed by atoms with E-state index in [2.05, 4.69) is 29.6 Å². The van der Waals surface area contributed by atoms with Crippen molar-refractivity contribution >= 4 is 11.8 Å². The summed E-state index contributed by atoms with van der Waals surface area (Å²) in [6.45, 7) is 3.95. The number of rotatable bonds is 5. The fraction of sp³-hybridized carbons (Fsp3) is 0.333. The van der Waals surface area contributed by atoms with Gasteiger partial charge in [-0.15, -0.1) is 11.8 Å². The molecule has 0 bridgehead atoms. The highest BCUT2D eigenvalue weighted by Crippen LogP contribution is 2.36. The van der Waals surface area contributed by atoms with Crippen LogP contribution in [0.5, 0.6) is 0 Å². The lowest BCUT2D eigenvalue weighted by molar-refractivity contribution is 0.623. The van der Waals surface area contributed by atoms with Gasteiger partial charge in [0.1, 0.15) is 5.82 Å². The van der Waals surface area contributed by atoms with Crippen molar-refractivity contribution in [3.8, 4) is 0 Å². The third kappa shape index (κ3) is 3.66. The maximum Gasteiger partial charge on any atom is 0.123 e. The van der Waals surface area contributed by atoms with E-state index in [9.17, 15) is 4.39 Å². The lowest BCUT2D eigenvalue weighted by Gasteiger charge is -2.11. The van der Waals surface area contributed by atoms with E-state index in [1.807, 2.05) is 24.8 Å². The quantitative estimate of drug-likeness (QED) is 0.838. The molecule has 1 heterocycles. The van der Waals surface area contributed by atoms with Gasteiger partial charge in [-0.3, -0.25) is 0 Å². The van der Waals surface area contributed by atoms with Crippen LogP contribution in [-0.4, -0.2) is 18.3 Å². The van der Waals surface area contributed by atoms with Crippen molar-refractivity contribution in [1.82, 2.24) is 5.32 Å². The van der Waals surface area contributed by atoms with Crippen molar-refractivity contribution in [3.63, 3.8) is 0 Å². The number of nitrogens with one attached hydrogen (secondary N) is 1. The van der Waals surface area contributed by atoms with Gasteiger partial charge in [0.15, 0.2) is 0 Å². The smallest absolute Gasteiger partial charge is 0.123 e. The Labute approximate surface area is 130 Å². The number of fused-ring (bicyclic) bond motifs is 1. The predicted octanol–water partition coefficient (Wildman–Crippen LogP) is 3.98. The Morgan fingerprint density at radius 3 is 2.90 bits per heavy atom. The highest BCUT2D eigenvalue weighted by molar-refractivity contribution is 8.00. The zero-order chi connectivity index (χ0) is 14.7. The minimum absolute atomic E-state index is 0.149. The SMILES string of the molecule is Cc1cc(F)ccc1CCNCC1Cc2ccccc2S1. The third-order valence-corrected chi connectivity index (χ3v) is 5.28. The number of hydrogen-bond acceptors (Lipinski definition) is 2. The van der Waals surface area contributed by atoms with Crippen LogP contribution in [0.15, 0.2) is 47.4 Å². The molecule has 0 aliphatic carbocycles. The summed E-state index contributed by atoms with van der Waals surface area (Å²) in [6.07, 6.45) is 2.11. The lowest BCUT2D eigenvalue weighted by atomic mass is 10.1. The van der Waals surface area contributed by atoms with E-state index in [0.717, 1.165) is 31.5 Å². The summed E-state index contributed by atoms with van der Waals surface area (Å²) in [5, 5.41) is 4.17. The molecule has 0 radical (unpaired) electrons. The van der Waals surface area contributed by atoms with Gasteiger partial charge in [0.05, 0.1) is 0 Å². The Morgan fingerprint density at radius 1 is 1.24 bits per heavy atom. The molecule has 3 heteroatoms. The fourth-order valence-corrected chi connectivity index (χ4v) is 4.08. The van der Waals surface area contributed by atoms with Gasteiger partial charge in [-0.1, -0.05) is 24.3 Å². The minimum Gasteiger partial charge on any atom is -0.315 e. The molecule has 21 heavy (non-hydrogen) atoms. The fourth-order valence-electron chi connectivity index (χ4n) is 2.79. The summed E-state index contributed by atoms with van der Waals surface area (Å²) in [6, 6.07) is 13.7. The van der Waals surface area contributed by atoms with E-state index in [0.29, 0.717) is 5.25 Å². The first-order chi connectivity index (χ1) is 10.2. The predicted molar refractivity (Wildman–Crippen MR) is 87.5 cm³/mol. The first-order valence-corrected chi connectivity index (χ1v) is 8.30. The molecule has 3 rings (SSSR count). The Kier molecular flexibility index (Phi) is 4.61. The summed E-state index contributed by atoms with van der Waals surface area (Å²) in [5.41, 5.74) is 3.74. The Bertz CT molecular complexity index is 601. The van der Waals surface area contributed by atoms with Gasteiger partial charge in [0, 0.05) is 16.7 Å². The zero-order valence-corrected chi connectivity index (χ0v) is 13.0. The van der Waals surface area contributed by atoms with Crippen molar-refractivity contribution < 1.29 is 4.39 Å². The highest BCUT2D eigenvalue weighted by atomic mass is 32.2. The van der Waals surface area contributed by atoms with Crippen LogP contribution in [0, 0.1) is 12.7 Å². The molecule has 1 aliphatic rings. The number of benzene rings is 2. The average Bonchev–Trinajstić information content (AvgIpc) is 2.88. The second-order valence-electron chi connectivity index (χ2n) is 5.58. The molecule has 2 aromatic carbocycles. The van der Waals surface area contributed by atoms with E-state index < -0.39 is 0 Å². The second kappa shape index (κ2) is 6.63. The lowest BCUT2D eigenvalue weighted by Crippen LogP contribution is -2.26. The van der Waals surface area contributed by atoms with Crippen LogP contribution in [0.4, 0.5) is 4.39 Å². The highest BCUT2D eigenvalue weighted by Gasteiger charge is 2.20. The Balaban J connectivity index is 1.43. The number of thioether (sulfide) groups is 1. The van der Waals surface area contributed by atoms with Crippen LogP contribution in [0.3, 0.4) is 0 Å². The van der Waals surface area contributed by atoms with Crippen LogP contribution in [-0.2, 0) is 12.8 Å². The topological polar surface area (TPSA) is 12.0 Å². The molecule has 0 spiro atoms. The van der Waals surface area contributed by atoms with Crippen molar-refractivity contribution in [2.24, 2.45) is 0 Å². The molecule has 0 saturated heterocycles. The minimum atomic E-state index is -0.149. The van der Waals surface area contributed by atoms with Crippen LogP contribution < -0.4 is 5.32 Å². The van der Waals surface area contributed by atoms with Crippen molar-refractivity contribution in [2.45, 2.75) is 29.9 Å². The van der Waals surface area contributed by atoms with Crippen molar-refractivity contribution in [2.75, 3.05) is 13.1 Å². The number of halogens is 1. The van der Waals surface area contributed by atoms with Crippen LogP contribution in [0.25, 0.3) is 0 Å². The molecule has 0 amide bonds. The molecule has 1 nitrogen and oxygen atoms in total.